The van der Waals surface area contributed by atoms with E-state index >= 15 is 0 Å². The van der Waals surface area contributed by atoms with Crippen LogP contribution >= 0.6 is 0 Å². The van der Waals surface area contributed by atoms with E-state index in [2.05, 4.69) is 5.32 Å². The number of rotatable bonds is 3. The minimum absolute atomic E-state index is 0.0113. The van der Waals surface area contributed by atoms with Crippen molar-refractivity contribution in [1.82, 2.24) is 14.9 Å². The predicted octanol–water partition coefficient (Wildman–Crippen LogP) is 3.03. The zero-order valence-electron chi connectivity index (χ0n) is 14.3. The van der Waals surface area contributed by atoms with Gasteiger partial charge in [-0.3, -0.25) is 19.5 Å². The summed E-state index contributed by atoms with van der Waals surface area (Å²) in [5, 5.41) is 14.7. The molecule has 1 saturated heterocycles. The van der Waals surface area contributed by atoms with Crippen LogP contribution in [0.5, 0.6) is 0 Å². The molecule has 1 aliphatic rings. The van der Waals surface area contributed by atoms with Crippen LogP contribution in [0, 0.1) is 17.0 Å². The molecular formula is C19H18N4O3. The fraction of sp³-hybridized carbons (Fsp3) is 0.263. The van der Waals surface area contributed by atoms with Gasteiger partial charge < -0.3 is 5.32 Å². The molecule has 1 N–H and O–H groups in total. The molecule has 1 atom stereocenters. The van der Waals surface area contributed by atoms with Crippen LogP contribution in [-0.2, 0) is 0 Å². The van der Waals surface area contributed by atoms with Crippen molar-refractivity contribution in [2.75, 3.05) is 6.54 Å². The van der Waals surface area contributed by atoms with Crippen molar-refractivity contribution in [3.05, 3.63) is 74.3 Å². The summed E-state index contributed by atoms with van der Waals surface area (Å²) in [7, 11) is 0. The van der Waals surface area contributed by atoms with Crippen molar-refractivity contribution in [2.45, 2.75) is 25.8 Å². The summed E-state index contributed by atoms with van der Waals surface area (Å²) in [5.41, 5.74) is 1.83. The second-order valence-corrected chi connectivity index (χ2v) is 6.56. The SMILES string of the molecule is Cc1cccc(-n2c(C3CCCN3)nc3ccc([N+](=O)[O-])cc3c2=O)c1. The Labute approximate surface area is 149 Å². The highest BCUT2D eigenvalue weighted by atomic mass is 16.6. The van der Waals surface area contributed by atoms with Crippen LogP contribution in [0.4, 0.5) is 5.69 Å². The molecule has 4 rings (SSSR count). The monoisotopic (exact) mass is 350 g/mol. The van der Waals surface area contributed by atoms with Gasteiger partial charge in [-0.2, -0.15) is 0 Å². The van der Waals surface area contributed by atoms with Crippen molar-refractivity contribution >= 4 is 16.6 Å². The summed E-state index contributed by atoms with van der Waals surface area (Å²) in [6.07, 6.45) is 1.92. The van der Waals surface area contributed by atoms with Crippen molar-refractivity contribution in [3.63, 3.8) is 0 Å². The lowest BCUT2D eigenvalue weighted by Crippen LogP contribution is -2.28. The summed E-state index contributed by atoms with van der Waals surface area (Å²) in [6, 6.07) is 11.9. The Balaban J connectivity index is 2.04. The Morgan fingerprint density at radius 2 is 2.12 bits per heavy atom. The van der Waals surface area contributed by atoms with E-state index in [1.165, 1.54) is 12.1 Å². The lowest BCUT2D eigenvalue weighted by Gasteiger charge is -2.18. The Hall–Kier alpha value is -3.06. The molecule has 7 heteroatoms. The molecule has 0 aliphatic carbocycles. The minimum Gasteiger partial charge on any atom is -0.307 e. The smallest absolute Gasteiger partial charge is 0.270 e. The van der Waals surface area contributed by atoms with Crippen LogP contribution in [0.15, 0.2) is 47.3 Å². The fourth-order valence-electron chi connectivity index (χ4n) is 3.46. The molecule has 0 saturated carbocycles. The number of benzene rings is 2. The van der Waals surface area contributed by atoms with Gasteiger partial charge >= 0.3 is 0 Å². The standard InChI is InChI=1S/C19H18N4O3/c1-12-4-2-5-13(10-12)22-18(17-6-3-9-20-17)21-16-8-7-14(23(25)26)11-15(16)19(22)24/h2,4-5,7-8,10-11,17,20H,3,6,9H2,1H3. The van der Waals surface area contributed by atoms with Gasteiger partial charge in [0.15, 0.2) is 0 Å². The summed E-state index contributed by atoms with van der Waals surface area (Å²) in [5.74, 6) is 0.652. The lowest BCUT2D eigenvalue weighted by atomic mass is 10.1. The Kier molecular flexibility index (Phi) is 4.00. The third-order valence-corrected chi connectivity index (χ3v) is 4.72. The van der Waals surface area contributed by atoms with Gasteiger partial charge in [-0.1, -0.05) is 12.1 Å². The number of aromatic nitrogens is 2. The first-order valence-corrected chi connectivity index (χ1v) is 8.56. The van der Waals surface area contributed by atoms with Gasteiger partial charge in [-0.05, 0) is 50.1 Å². The molecular weight excluding hydrogens is 332 g/mol. The highest BCUT2D eigenvalue weighted by Crippen LogP contribution is 2.26. The van der Waals surface area contributed by atoms with Crippen LogP contribution in [0.2, 0.25) is 0 Å². The van der Waals surface area contributed by atoms with Crippen LogP contribution in [0.3, 0.4) is 0 Å². The van der Waals surface area contributed by atoms with E-state index in [0.717, 1.165) is 30.6 Å². The van der Waals surface area contributed by atoms with E-state index in [9.17, 15) is 14.9 Å². The molecule has 0 spiro atoms. The predicted molar refractivity (Wildman–Crippen MR) is 98.7 cm³/mol. The molecule has 7 nitrogen and oxygen atoms in total. The Bertz CT molecular complexity index is 1070. The molecule has 0 bridgehead atoms. The second-order valence-electron chi connectivity index (χ2n) is 6.56. The van der Waals surface area contributed by atoms with Gasteiger partial charge in [0.05, 0.1) is 27.6 Å². The average Bonchev–Trinajstić information content (AvgIpc) is 3.15. The lowest BCUT2D eigenvalue weighted by molar-refractivity contribution is -0.384. The number of aryl methyl sites for hydroxylation is 1. The number of hydrogen-bond donors (Lipinski definition) is 1. The molecule has 1 unspecified atom stereocenters. The summed E-state index contributed by atoms with van der Waals surface area (Å²) >= 11 is 0. The average molecular weight is 350 g/mol. The maximum atomic E-state index is 13.3. The molecule has 0 radical (unpaired) electrons. The van der Waals surface area contributed by atoms with Crippen molar-refractivity contribution in [2.24, 2.45) is 0 Å². The molecule has 1 fully saturated rings. The van der Waals surface area contributed by atoms with E-state index in [-0.39, 0.29) is 22.7 Å². The first-order chi connectivity index (χ1) is 12.5. The molecule has 3 aromatic rings. The summed E-state index contributed by atoms with van der Waals surface area (Å²) in [4.78, 5) is 28.6. The summed E-state index contributed by atoms with van der Waals surface area (Å²) in [6.45, 7) is 2.84. The first kappa shape index (κ1) is 16.4. The number of nitrogens with one attached hydrogen (secondary N) is 1. The van der Waals surface area contributed by atoms with E-state index < -0.39 is 4.92 Å². The number of nitro benzene ring substituents is 1. The molecule has 2 aromatic carbocycles. The number of hydrogen-bond acceptors (Lipinski definition) is 5. The maximum absolute atomic E-state index is 13.3. The molecule has 26 heavy (non-hydrogen) atoms. The van der Waals surface area contributed by atoms with Crippen molar-refractivity contribution in [1.29, 1.82) is 0 Å². The zero-order valence-corrected chi connectivity index (χ0v) is 14.3. The number of fused-ring (bicyclic) bond motifs is 1. The van der Waals surface area contributed by atoms with E-state index in [1.54, 1.807) is 10.6 Å². The minimum atomic E-state index is -0.498. The molecule has 132 valence electrons. The number of non-ortho nitro benzene ring substituents is 1. The largest absolute Gasteiger partial charge is 0.307 e. The van der Waals surface area contributed by atoms with Crippen LogP contribution in [-0.4, -0.2) is 21.0 Å². The van der Waals surface area contributed by atoms with E-state index in [0.29, 0.717) is 11.3 Å². The molecule has 0 amide bonds. The van der Waals surface area contributed by atoms with Gasteiger partial charge in [0.2, 0.25) is 0 Å². The Morgan fingerprint density at radius 1 is 1.27 bits per heavy atom. The maximum Gasteiger partial charge on any atom is 0.270 e. The van der Waals surface area contributed by atoms with E-state index in [1.807, 2.05) is 31.2 Å². The highest BCUT2D eigenvalue weighted by molar-refractivity contribution is 5.80. The van der Waals surface area contributed by atoms with Crippen LogP contribution in [0.1, 0.15) is 30.3 Å². The van der Waals surface area contributed by atoms with Gasteiger partial charge in [0.25, 0.3) is 11.2 Å². The van der Waals surface area contributed by atoms with Gasteiger partial charge in [-0.15, -0.1) is 0 Å². The van der Waals surface area contributed by atoms with Gasteiger partial charge in [-0.25, -0.2) is 4.98 Å². The van der Waals surface area contributed by atoms with Crippen molar-refractivity contribution in [3.8, 4) is 5.69 Å². The number of nitrogens with zero attached hydrogens (tertiary/aromatic N) is 3. The van der Waals surface area contributed by atoms with Gasteiger partial charge in [0, 0.05) is 12.1 Å². The first-order valence-electron chi connectivity index (χ1n) is 8.56. The second kappa shape index (κ2) is 6.34. The Morgan fingerprint density at radius 3 is 2.81 bits per heavy atom. The topological polar surface area (TPSA) is 90.1 Å². The highest BCUT2D eigenvalue weighted by Gasteiger charge is 2.24. The zero-order chi connectivity index (χ0) is 18.3. The number of nitro groups is 1. The fourth-order valence-corrected chi connectivity index (χ4v) is 3.46. The molecule has 2 heterocycles. The van der Waals surface area contributed by atoms with Crippen LogP contribution in [0.25, 0.3) is 16.6 Å². The summed E-state index contributed by atoms with van der Waals surface area (Å²) < 4.78 is 1.59. The van der Waals surface area contributed by atoms with Crippen molar-refractivity contribution < 1.29 is 4.92 Å². The third kappa shape index (κ3) is 2.76. The molecule has 1 aromatic heterocycles. The quantitative estimate of drug-likeness (QED) is 0.579. The third-order valence-electron chi connectivity index (χ3n) is 4.72. The van der Waals surface area contributed by atoms with Gasteiger partial charge in [0.1, 0.15) is 5.82 Å². The van der Waals surface area contributed by atoms with Crippen LogP contribution < -0.4 is 10.9 Å². The van der Waals surface area contributed by atoms with E-state index in [4.69, 9.17) is 4.98 Å². The molecule has 1 aliphatic heterocycles. The normalized spacial score (nSPS) is 16.9.